The number of hydrogen-bond acceptors (Lipinski definition) is 4. The lowest BCUT2D eigenvalue weighted by atomic mass is 10.1. The molecule has 1 aliphatic rings. The molecule has 0 atom stereocenters. The Morgan fingerprint density at radius 3 is 2.72 bits per heavy atom. The first-order valence-corrected chi connectivity index (χ1v) is 9.93. The van der Waals surface area contributed by atoms with Crippen LogP contribution >= 0.6 is 0 Å². The van der Waals surface area contributed by atoms with Gasteiger partial charge < -0.3 is 15.0 Å². The van der Waals surface area contributed by atoms with E-state index in [1.807, 2.05) is 0 Å². The Hall–Kier alpha value is -3.60. The maximum atomic E-state index is 13.0. The van der Waals surface area contributed by atoms with Crippen molar-refractivity contribution in [2.24, 2.45) is 0 Å². The number of imidazole rings is 1. The van der Waals surface area contributed by atoms with E-state index in [9.17, 15) is 27.9 Å². The number of halogens is 3. The third-order valence-electron chi connectivity index (χ3n) is 5.12. The number of benzene rings is 2. The quantitative estimate of drug-likeness (QED) is 0.540. The Morgan fingerprint density at radius 2 is 2.03 bits per heavy atom. The van der Waals surface area contributed by atoms with Gasteiger partial charge in [0.1, 0.15) is 0 Å². The highest BCUT2D eigenvalue weighted by Crippen LogP contribution is 2.30. The molecule has 0 bridgehead atoms. The first kappa shape index (κ1) is 21.6. The van der Waals surface area contributed by atoms with E-state index < -0.39 is 17.6 Å². The fraction of sp³-hybridized carbons (Fsp3) is 0.286. The van der Waals surface area contributed by atoms with Crippen molar-refractivity contribution >= 4 is 34.6 Å². The summed E-state index contributed by atoms with van der Waals surface area (Å²) >= 11 is 0. The topological polar surface area (TPSA) is 99.5 Å². The Kier molecular flexibility index (Phi) is 5.74. The molecule has 2 aromatic carbocycles. The van der Waals surface area contributed by atoms with Crippen LogP contribution in [0.5, 0.6) is 0 Å². The van der Waals surface area contributed by atoms with Gasteiger partial charge in [0.2, 0.25) is 5.95 Å². The van der Waals surface area contributed by atoms with E-state index >= 15 is 0 Å². The van der Waals surface area contributed by atoms with E-state index in [1.165, 1.54) is 12.1 Å². The van der Waals surface area contributed by atoms with Gasteiger partial charge in [-0.15, -0.1) is 0 Å². The van der Waals surface area contributed by atoms with Crippen LogP contribution in [-0.2, 0) is 12.7 Å². The molecule has 0 unspecified atom stereocenters. The number of aryl methyl sites for hydroxylation is 1. The minimum atomic E-state index is -4.57. The van der Waals surface area contributed by atoms with Crippen LogP contribution in [-0.4, -0.2) is 46.3 Å². The first-order valence-electron chi connectivity index (χ1n) is 9.93. The molecule has 11 heteroatoms. The zero-order valence-corrected chi connectivity index (χ0v) is 16.8. The molecule has 168 valence electrons. The minimum Gasteiger partial charge on any atom is -0.396 e. The lowest BCUT2D eigenvalue weighted by Gasteiger charge is -2.14. The van der Waals surface area contributed by atoms with Crippen molar-refractivity contribution in [3.05, 3.63) is 53.6 Å². The van der Waals surface area contributed by atoms with Crippen LogP contribution in [0.4, 0.5) is 29.6 Å². The van der Waals surface area contributed by atoms with Gasteiger partial charge in [-0.3, -0.25) is 15.0 Å². The third-order valence-corrected chi connectivity index (χ3v) is 5.12. The molecule has 2 heterocycles. The largest absolute Gasteiger partial charge is 0.416 e. The molecule has 4 rings (SSSR count). The average molecular weight is 447 g/mol. The number of aliphatic hydroxyl groups is 1. The molecule has 1 aliphatic heterocycles. The second-order valence-electron chi connectivity index (χ2n) is 7.25. The van der Waals surface area contributed by atoms with Crippen LogP contribution in [0.25, 0.3) is 11.0 Å². The number of rotatable bonds is 6. The number of aromatic nitrogens is 2. The van der Waals surface area contributed by atoms with E-state index in [1.54, 1.807) is 27.7 Å². The molecule has 0 saturated carbocycles. The van der Waals surface area contributed by atoms with Crippen molar-refractivity contribution in [3.8, 4) is 0 Å². The highest BCUT2D eigenvalue weighted by atomic mass is 19.4. The molecule has 1 saturated heterocycles. The highest BCUT2D eigenvalue weighted by Gasteiger charge is 2.31. The molecule has 3 N–H and O–H groups in total. The first-order chi connectivity index (χ1) is 15.3. The van der Waals surface area contributed by atoms with E-state index in [4.69, 9.17) is 0 Å². The SMILES string of the molecule is O=C(Nc1nc2cc(N3CCNC3=O)ccc2n1CCCO)c1cccc(C(F)(F)F)c1. The van der Waals surface area contributed by atoms with Gasteiger partial charge in [0.15, 0.2) is 0 Å². The molecule has 3 amide bonds. The van der Waals surface area contributed by atoms with E-state index in [0.29, 0.717) is 42.8 Å². The normalized spacial score (nSPS) is 14.1. The second-order valence-corrected chi connectivity index (χ2v) is 7.25. The standard InChI is InChI=1S/C21H20F3N5O3/c22-21(23,24)14-4-1-3-13(11-14)18(31)27-19-26-16-12-15(28-9-7-25-20(28)32)5-6-17(16)29(19)8-2-10-30/h1,3-6,11-12,30H,2,7-10H2,(H,25,32)(H,26,27,31). The van der Waals surface area contributed by atoms with Crippen molar-refractivity contribution in [2.75, 3.05) is 29.9 Å². The van der Waals surface area contributed by atoms with E-state index in [0.717, 1.165) is 12.1 Å². The summed E-state index contributed by atoms with van der Waals surface area (Å²) in [4.78, 5) is 30.6. The van der Waals surface area contributed by atoms with E-state index in [2.05, 4.69) is 15.6 Å². The smallest absolute Gasteiger partial charge is 0.396 e. The number of amides is 3. The van der Waals surface area contributed by atoms with Crippen LogP contribution < -0.4 is 15.5 Å². The summed E-state index contributed by atoms with van der Waals surface area (Å²) in [6, 6.07) is 9.11. The average Bonchev–Trinajstić information content (AvgIpc) is 3.34. The summed E-state index contributed by atoms with van der Waals surface area (Å²) in [5, 5.41) is 14.5. The monoisotopic (exact) mass is 447 g/mol. The fourth-order valence-electron chi connectivity index (χ4n) is 3.57. The molecular formula is C21H20F3N5O3. The fourth-order valence-corrected chi connectivity index (χ4v) is 3.57. The number of fused-ring (bicyclic) bond motifs is 1. The van der Waals surface area contributed by atoms with Gasteiger partial charge in [-0.05, 0) is 42.8 Å². The number of hydrogen-bond donors (Lipinski definition) is 3. The zero-order valence-electron chi connectivity index (χ0n) is 16.8. The Morgan fingerprint density at radius 1 is 1.22 bits per heavy atom. The lowest BCUT2D eigenvalue weighted by Crippen LogP contribution is -2.27. The van der Waals surface area contributed by atoms with Crippen LogP contribution in [0.1, 0.15) is 22.3 Å². The van der Waals surface area contributed by atoms with E-state index in [-0.39, 0.29) is 24.1 Å². The van der Waals surface area contributed by atoms with Crippen molar-refractivity contribution < 1.29 is 27.9 Å². The number of aliphatic hydroxyl groups excluding tert-OH is 1. The number of anilines is 2. The van der Waals surface area contributed by atoms with Crippen LogP contribution in [0.3, 0.4) is 0 Å². The van der Waals surface area contributed by atoms with Crippen molar-refractivity contribution in [2.45, 2.75) is 19.1 Å². The summed E-state index contributed by atoms with van der Waals surface area (Å²) in [7, 11) is 0. The van der Waals surface area contributed by atoms with Gasteiger partial charge in [0.05, 0.1) is 16.6 Å². The lowest BCUT2D eigenvalue weighted by molar-refractivity contribution is -0.137. The van der Waals surface area contributed by atoms with Gasteiger partial charge in [-0.25, -0.2) is 9.78 Å². The number of nitrogens with one attached hydrogen (secondary N) is 2. The molecule has 0 spiro atoms. The van der Waals surface area contributed by atoms with Crippen LogP contribution in [0.15, 0.2) is 42.5 Å². The summed E-state index contributed by atoms with van der Waals surface area (Å²) < 4.78 is 40.6. The Balaban J connectivity index is 1.67. The van der Waals surface area contributed by atoms with Gasteiger partial charge in [-0.1, -0.05) is 6.07 Å². The number of carbonyl (C=O) groups is 2. The summed E-state index contributed by atoms with van der Waals surface area (Å²) in [6.07, 6.45) is -4.18. The van der Waals surface area contributed by atoms with Gasteiger partial charge >= 0.3 is 12.2 Å². The Bertz CT molecular complexity index is 1180. The van der Waals surface area contributed by atoms with Crippen LogP contribution in [0.2, 0.25) is 0 Å². The minimum absolute atomic E-state index is 0.0906. The second kappa shape index (κ2) is 8.50. The summed E-state index contributed by atoms with van der Waals surface area (Å²) in [5.74, 6) is -0.602. The number of urea groups is 1. The maximum Gasteiger partial charge on any atom is 0.416 e. The zero-order chi connectivity index (χ0) is 22.9. The van der Waals surface area contributed by atoms with Gasteiger partial charge in [0.25, 0.3) is 5.91 Å². The third kappa shape index (κ3) is 4.24. The molecule has 0 aliphatic carbocycles. The number of alkyl halides is 3. The summed E-state index contributed by atoms with van der Waals surface area (Å²) in [6.45, 7) is 1.27. The van der Waals surface area contributed by atoms with Crippen molar-refractivity contribution in [1.82, 2.24) is 14.9 Å². The molecule has 32 heavy (non-hydrogen) atoms. The van der Waals surface area contributed by atoms with Crippen molar-refractivity contribution in [3.63, 3.8) is 0 Å². The summed E-state index contributed by atoms with van der Waals surface area (Å²) in [5.41, 5.74) is 0.707. The van der Waals surface area contributed by atoms with Crippen LogP contribution in [0, 0.1) is 0 Å². The van der Waals surface area contributed by atoms with Gasteiger partial charge in [0, 0.05) is 37.5 Å². The molecule has 1 aromatic heterocycles. The predicted octanol–water partition coefficient (Wildman–Crippen LogP) is 3.22. The molecule has 1 fully saturated rings. The number of nitrogens with zero attached hydrogens (tertiary/aromatic N) is 3. The highest BCUT2D eigenvalue weighted by molar-refractivity contribution is 6.04. The molecule has 8 nitrogen and oxygen atoms in total. The maximum absolute atomic E-state index is 13.0. The predicted molar refractivity (Wildman–Crippen MR) is 112 cm³/mol. The van der Waals surface area contributed by atoms with Crippen molar-refractivity contribution in [1.29, 1.82) is 0 Å². The number of carbonyl (C=O) groups excluding carboxylic acids is 2. The Labute approximate surface area is 180 Å². The molecule has 0 radical (unpaired) electrons. The molecule has 3 aromatic rings. The molecular weight excluding hydrogens is 427 g/mol. The van der Waals surface area contributed by atoms with Gasteiger partial charge in [-0.2, -0.15) is 13.2 Å².